The lowest BCUT2D eigenvalue weighted by molar-refractivity contribution is -0.114. The number of anilines is 1. The summed E-state index contributed by atoms with van der Waals surface area (Å²) in [6.45, 7) is 0. The van der Waals surface area contributed by atoms with Crippen LogP contribution in [0.4, 0.5) is 5.69 Å². The smallest absolute Gasteiger partial charge is 0.252 e. The number of rotatable bonds is 2. The maximum absolute atomic E-state index is 12.6. The second-order valence-corrected chi connectivity index (χ2v) is 4.94. The van der Waals surface area contributed by atoms with Gasteiger partial charge in [0.15, 0.2) is 0 Å². The Morgan fingerprint density at radius 3 is 2.59 bits per heavy atom. The van der Waals surface area contributed by atoms with Crippen LogP contribution in [-0.2, 0) is 4.79 Å². The van der Waals surface area contributed by atoms with Crippen molar-refractivity contribution in [3.8, 4) is 6.07 Å². The van der Waals surface area contributed by atoms with Crippen LogP contribution in [0.3, 0.4) is 0 Å². The highest BCUT2D eigenvalue weighted by Gasteiger charge is 2.26. The molecule has 106 valence electrons. The Morgan fingerprint density at radius 1 is 1.09 bits per heavy atom. The third-order valence-corrected chi connectivity index (χ3v) is 3.52. The first-order valence-electron chi connectivity index (χ1n) is 7.03. The van der Waals surface area contributed by atoms with Gasteiger partial charge >= 0.3 is 0 Å². The van der Waals surface area contributed by atoms with Crippen molar-refractivity contribution in [2.45, 2.75) is 6.04 Å². The number of para-hydroxylation sites is 1. The molecule has 0 radical (unpaired) electrons. The maximum Gasteiger partial charge on any atom is 0.252 e. The molecule has 3 rings (SSSR count). The number of carbonyl (C=O) groups excluding carboxylic acids is 1. The Morgan fingerprint density at radius 2 is 1.82 bits per heavy atom. The summed E-state index contributed by atoms with van der Waals surface area (Å²) in [5, 5.41) is 9.30. The molecule has 2 aromatic rings. The molecule has 1 atom stereocenters. The molecule has 0 bridgehead atoms. The summed E-state index contributed by atoms with van der Waals surface area (Å²) >= 11 is 0. The van der Waals surface area contributed by atoms with E-state index in [2.05, 4.69) is 6.07 Å². The second kappa shape index (κ2) is 6.11. The number of carbonyl (C=O) groups is 1. The van der Waals surface area contributed by atoms with Crippen LogP contribution in [0.1, 0.15) is 11.1 Å². The number of nitriles is 1. The minimum Gasteiger partial charge on any atom is -0.288 e. The first kappa shape index (κ1) is 13.8. The number of nitrogens with zero attached hydrogens (tertiary/aromatic N) is 2. The SMILES string of the molecule is N#C[C@H]1C=Cc2ccccc2N1C(=O)/C=C/c1ccccc1. The average molecular weight is 286 g/mol. The van der Waals surface area contributed by atoms with Crippen LogP contribution in [0.5, 0.6) is 0 Å². The van der Waals surface area contributed by atoms with Crippen LogP contribution in [0.25, 0.3) is 12.2 Å². The highest BCUT2D eigenvalue weighted by molar-refractivity contribution is 6.06. The predicted octanol–water partition coefficient (Wildman–Crippen LogP) is 3.65. The van der Waals surface area contributed by atoms with Crippen molar-refractivity contribution in [2.24, 2.45) is 0 Å². The lowest BCUT2D eigenvalue weighted by Gasteiger charge is -2.29. The average Bonchev–Trinajstić information content (AvgIpc) is 2.59. The molecule has 1 amide bonds. The molecule has 2 aromatic carbocycles. The van der Waals surface area contributed by atoms with E-state index in [1.54, 1.807) is 12.2 Å². The fourth-order valence-corrected chi connectivity index (χ4v) is 2.45. The van der Waals surface area contributed by atoms with Gasteiger partial charge in [0, 0.05) is 6.08 Å². The minimum absolute atomic E-state index is 0.202. The molecule has 0 fully saturated rings. The first-order chi connectivity index (χ1) is 10.8. The highest BCUT2D eigenvalue weighted by Crippen LogP contribution is 2.29. The van der Waals surface area contributed by atoms with E-state index in [9.17, 15) is 10.1 Å². The summed E-state index contributed by atoms with van der Waals surface area (Å²) in [4.78, 5) is 14.1. The molecule has 0 unspecified atom stereocenters. The second-order valence-electron chi connectivity index (χ2n) is 4.94. The van der Waals surface area contributed by atoms with Gasteiger partial charge in [-0.15, -0.1) is 0 Å². The van der Waals surface area contributed by atoms with Gasteiger partial charge in [-0.2, -0.15) is 5.26 Å². The van der Waals surface area contributed by atoms with Crippen LogP contribution in [0.15, 0.2) is 66.7 Å². The van der Waals surface area contributed by atoms with E-state index in [0.717, 1.165) is 16.8 Å². The lowest BCUT2D eigenvalue weighted by atomic mass is 10.0. The molecule has 3 nitrogen and oxygen atoms in total. The normalized spacial score (nSPS) is 16.3. The van der Waals surface area contributed by atoms with Crippen LogP contribution in [-0.4, -0.2) is 11.9 Å². The van der Waals surface area contributed by atoms with E-state index in [1.807, 2.05) is 60.7 Å². The number of hydrogen-bond acceptors (Lipinski definition) is 2. The molecule has 0 N–H and O–H groups in total. The van der Waals surface area contributed by atoms with Crippen molar-refractivity contribution in [1.82, 2.24) is 0 Å². The lowest BCUT2D eigenvalue weighted by Crippen LogP contribution is -2.39. The van der Waals surface area contributed by atoms with E-state index in [0.29, 0.717) is 0 Å². The van der Waals surface area contributed by atoms with Crippen molar-refractivity contribution in [3.63, 3.8) is 0 Å². The largest absolute Gasteiger partial charge is 0.288 e. The van der Waals surface area contributed by atoms with Crippen molar-refractivity contribution < 1.29 is 4.79 Å². The van der Waals surface area contributed by atoms with Crippen molar-refractivity contribution in [1.29, 1.82) is 5.26 Å². The van der Waals surface area contributed by atoms with Crippen LogP contribution >= 0.6 is 0 Å². The van der Waals surface area contributed by atoms with Crippen molar-refractivity contribution in [3.05, 3.63) is 77.9 Å². The van der Waals surface area contributed by atoms with Crippen LogP contribution in [0, 0.1) is 11.3 Å². The number of benzene rings is 2. The molecule has 1 heterocycles. The third-order valence-electron chi connectivity index (χ3n) is 3.52. The van der Waals surface area contributed by atoms with Crippen LogP contribution in [0.2, 0.25) is 0 Å². The van der Waals surface area contributed by atoms with Gasteiger partial charge in [-0.05, 0) is 29.3 Å². The fraction of sp³-hybridized carbons (Fsp3) is 0.0526. The Balaban J connectivity index is 1.92. The quantitative estimate of drug-likeness (QED) is 0.791. The standard InChI is InChI=1S/C19H14N2O/c20-14-17-12-11-16-8-4-5-9-18(16)21(17)19(22)13-10-15-6-2-1-3-7-15/h1-13,17H/b13-10+/t17-/m1/s1. The number of fused-ring (bicyclic) bond motifs is 1. The molecular weight excluding hydrogens is 272 g/mol. The van der Waals surface area contributed by atoms with Gasteiger partial charge in [0.25, 0.3) is 5.91 Å². The van der Waals surface area contributed by atoms with Crippen LogP contribution < -0.4 is 4.90 Å². The minimum atomic E-state index is -0.581. The van der Waals surface area contributed by atoms with Crippen molar-refractivity contribution in [2.75, 3.05) is 4.90 Å². The molecule has 0 spiro atoms. The highest BCUT2D eigenvalue weighted by atomic mass is 16.2. The molecule has 0 saturated heterocycles. The summed E-state index contributed by atoms with van der Waals surface area (Å²) in [5.41, 5.74) is 2.65. The molecule has 0 aliphatic carbocycles. The van der Waals surface area contributed by atoms with Gasteiger partial charge in [0.05, 0.1) is 11.8 Å². The van der Waals surface area contributed by atoms with Gasteiger partial charge in [-0.25, -0.2) is 0 Å². The Kier molecular flexibility index (Phi) is 3.84. The maximum atomic E-state index is 12.6. The molecule has 3 heteroatoms. The monoisotopic (exact) mass is 286 g/mol. The van der Waals surface area contributed by atoms with Gasteiger partial charge in [0.1, 0.15) is 6.04 Å². The van der Waals surface area contributed by atoms with E-state index in [1.165, 1.54) is 11.0 Å². The summed E-state index contributed by atoms with van der Waals surface area (Å²) in [7, 11) is 0. The summed E-state index contributed by atoms with van der Waals surface area (Å²) in [6.07, 6.45) is 6.90. The summed E-state index contributed by atoms with van der Waals surface area (Å²) in [5.74, 6) is -0.202. The Hall–Kier alpha value is -3.12. The van der Waals surface area contributed by atoms with Gasteiger partial charge in [0.2, 0.25) is 0 Å². The zero-order valence-corrected chi connectivity index (χ0v) is 11.9. The first-order valence-corrected chi connectivity index (χ1v) is 7.03. The number of amides is 1. The van der Waals surface area contributed by atoms with E-state index in [-0.39, 0.29) is 5.91 Å². The zero-order chi connectivity index (χ0) is 15.4. The topological polar surface area (TPSA) is 44.1 Å². The van der Waals surface area contributed by atoms with E-state index in [4.69, 9.17) is 0 Å². The molecule has 1 aliphatic heterocycles. The summed E-state index contributed by atoms with van der Waals surface area (Å²) in [6, 6.07) is 18.8. The zero-order valence-electron chi connectivity index (χ0n) is 11.9. The Bertz CT molecular complexity index is 785. The van der Waals surface area contributed by atoms with Crippen molar-refractivity contribution >= 4 is 23.7 Å². The third kappa shape index (κ3) is 2.68. The van der Waals surface area contributed by atoms with Gasteiger partial charge in [-0.1, -0.05) is 54.6 Å². The molecule has 1 aliphatic rings. The molecule has 0 saturated carbocycles. The van der Waals surface area contributed by atoms with E-state index >= 15 is 0 Å². The fourth-order valence-electron chi connectivity index (χ4n) is 2.45. The molecular formula is C19H14N2O. The van der Waals surface area contributed by atoms with E-state index < -0.39 is 6.04 Å². The van der Waals surface area contributed by atoms with Gasteiger partial charge < -0.3 is 0 Å². The molecule has 0 aromatic heterocycles. The predicted molar refractivity (Wildman–Crippen MR) is 87.8 cm³/mol. The summed E-state index contributed by atoms with van der Waals surface area (Å²) < 4.78 is 0. The Labute approximate surface area is 129 Å². The number of hydrogen-bond donors (Lipinski definition) is 0. The molecule has 22 heavy (non-hydrogen) atoms. The van der Waals surface area contributed by atoms with Gasteiger partial charge in [-0.3, -0.25) is 9.69 Å².